The van der Waals surface area contributed by atoms with Gasteiger partial charge in [0.15, 0.2) is 0 Å². The number of benzene rings is 2. The summed E-state index contributed by atoms with van der Waals surface area (Å²) >= 11 is 1.41. The Kier molecular flexibility index (Phi) is 4.74. The lowest BCUT2D eigenvalue weighted by atomic mass is 10.1. The molecule has 20 heavy (non-hydrogen) atoms. The average molecular weight is 285 g/mol. The molecule has 0 atom stereocenters. The van der Waals surface area contributed by atoms with E-state index < -0.39 is 0 Å². The zero-order valence-corrected chi connectivity index (χ0v) is 11.9. The maximum Gasteiger partial charge on any atom is 0.260 e. The minimum Gasteiger partial charge on any atom is -0.507 e. The van der Waals surface area contributed by atoms with Gasteiger partial charge in [0, 0.05) is 24.1 Å². The quantitative estimate of drug-likeness (QED) is 0.743. The molecule has 0 aliphatic rings. The van der Waals surface area contributed by atoms with Crippen molar-refractivity contribution in [1.82, 2.24) is 3.96 Å². The molecule has 0 spiro atoms. The molecular weight excluding hydrogens is 270 g/mol. The summed E-state index contributed by atoms with van der Waals surface area (Å²) in [6.45, 7) is 0. The SMILES string of the molecule is Cn1sccc1=O.Oc1ccccc1-c1ccccc1. The number of hydrogen-bond acceptors (Lipinski definition) is 3. The summed E-state index contributed by atoms with van der Waals surface area (Å²) in [7, 11) is 1.74. The molecule has 0 bridgehead atoms. The molecule has 0 aliphatic carbocycles. The molecule has 3 rings (SSSR count). The van der Waals surface area contributed by atoms with E-state index in [1.807, 2.05) is 48.5 Å². The largest absolute Gasteiger partial charge is 0.507 e. The number of para-hydroxylation sites is 1. The maximum absolute atomic E-state index is 10.4. The molecular formula is C16H15NO2S. The van der Waals surface area contributed by atoms with E-state index in [9.17, 15) is 9.90 Å². The highest BCUT2D eigenvalue weighted by Gasteiger charge is 2.00. The maximum atomic E-state index is 10.4. The number of rotatable bonds is 1. The molecule has 0 unspecified atom stereocenters. The Labute approximate surface area is 121 Å². The number of phenolic OH excluding ortho intramolecular Hbond substituents is 1. The molecule has 4 heteroatoms. The van der Waals surface area contributed by atoms with Crippen molar-refractivity contribution in [3.8, 4) is 16.9 Å². The lowest BCUT2D eigenvalue weighted by Crippen LogP contribution is -2.05. The van der Waals surface area contributed by atoms with Crippen LogP contribution in [-0.4, -0.2) is 9.06 Å². The van der Waals surface area contributed by atoms with Crippen LogP contribution in [0.25, 0.3) is 11.1 Å². The van der Waals surface area contributed by atoms with Crippen LogP contribution in [0.1, 0.15) is 0 Å². The second-order valence-corrected chi connectivity index (χ2v) is 5.16. The van der Waals surface area contributed by atoms with Crippen molar-refractivity contribution in [2.45, 2.75) is 0 Å². The summed E-state index contributed by atoms with van der Waals surface area (Å²) in [6, 6.07) is 18.7. The van der Waals surface area contributed by atoms with Gasteiger partial charge in [-0.2, -0.15) is 0 Å². The number of aryl methyl sites for hydroxylation is 1. The minimum atomic E-state index is 0.0741. The summed E-state index contributed by atoms with van der Waals surface area (Å²) in [5, 5.41) is 11.3. The number of aromatic hydroxyl groups is 1. The van der Waals surface area contributed by atoms with Gasteiger partial charge in [0.05, 0.1) is 0 Å². The predicted molar refractivity (Wildman–Crippen MR) is 83.1 cm³/mol. The molecule has 0 fully saturated rings. The number of aromatic nitrogens is 1. The Bertz CT molecular complexity index is 716. The van der Waals surface area contributed by atoms with Gasteiger partial charge in [-0.25, -0.2) is 0 Å². The standard InChI is InChI=1S/C12H10O.C4H5NOS/c13-12-9-5-4-8-11(12)10-6-2-1-3-7-10;1-5-4(6)2-3-7-5/h1-9,13H;2-3H,1H3. The van der Waals surface area contributed by atoms with Crippen LogP contribution in [0, 0.1) is 0 Å². The fourth-order valence-electron chi connectivity index (χ4n) is 1.67. The van der Waals surface area contributed by atoms with Crippen molar-refractivity contribution in [1.29, 1.82) is 0 Å². The van der Waals surface area contributed by atoms with E-state index in [1.54, 1.807) is 28.5 Å². The van der Waals surface area contributed by atoms with Crippen molar-refractivity contribution < 1.29 is 5.11 Å². The third kappa shape index (κ3) is 3.59. The van der Waals surface area contributed by atoms with E-state index in [4.69, 9.17) is 0 Å². The highest BCUT2D eigenvalue weighted by atomic mass is 32.1. The topological polar surface area (TPSA) is 42.2 Å². The van der Waals surface area contributed by atoms with Crippen LogP contribution in [-0.2, 0) is 7.05 Å². The monoisotopic (exact) mass is 285 g/mol. The zero-order valence-electron chi connectivity index (χ0n) is 11.1. The zero-order chi connectivity index (χ0) is 14.4. The second-order valence-electron chi connectivity index (χ2n) is 4.13. The molecule has 1 N–H and O–H groups in total. The summed E-state index contributed by atoms with van der Waals surface area (Å²) < 4.78 is 1.57. The van der Waals surface area contributed by atoms with Crippen LogP contribution in [0.5, 0.6) is 5.75 Å². The Morgan fingerprint density at radius 1 is 0.950 bits per heavy atom. The predicted octanol–water partition coefficient (Wildman–Crippen LogP) is 3.51. The van der Waals surface area contributed by atoms with Gasteiger partial charge in [0.25, 0.3) is 5.56 Å². The molecule has 2 aromatic carbocycles. The van der Waals surface area contributed by atoms with Gasteiger partial charge in [-0.1, -0.05) is 60.1 Å². The van der Waals surface area contributed by atoms with Gasteiger partial charge in [-0.3, -0.25) is 8.75 Å². The van der Waals surface area contributed by atoms with Crippen LogP contribution in [0.2, 0.25) is 0 Å². The highest BCUT2D eigenvalue weighted by Crippen LogP contribution is 2.27. The van der Waals surface area contributed by atoms with Crippen LogP contribution in [0.3, 0.4) is 0 Å². The third-order valence-corrected chi connectivity index (χ3v) is 3.48. The smallest absolute Gasteiger partial charge is 0.260 e. The van der Waals surface area contributed by atoms with E-state index in [1.165, 1.54) is 11.5 Å². The highest BCUT2D eigenvalue weighted by molar-refractivity contribution is 7.04. The Balaban J connectivity index is 0.000000178. The van der Waals surface area contributed by atoms with Gasteiger partial charge in [-0.05, 0) is 11.6 Å². The fourth-order valence-corrected chi connectivity index (χ4v) is 2.20. The molecule has 0 aliphatic heterocycles. The molecule has 1 heterocycles. The number of nitrogens with zero attached hydrogens (tertiary/aromatic N) is 1. The molecule has 0 saturated heterocycles. The summed E-state index contributed by atoms with van der Waals surface area (Å²) in [6.07, 6.45) is 0. The molecule has 3 aromatic rings. The van der Waals surface area contributed by atoms with Crippen LogP contribution in [0.4, 0.5) is 0 Å². The van der Waals surface area contributed by atoms with Crippen molar-refractivity contribution in [3.05, 3.63) is 76.4 Å². The number of phenols is 1. The molecule has 1 aromatic heterocycles. The first-order valence-electron chi connectivity index (χ1n) is 6.13. The summed E-state index contributed by atoms with van der Waals surface area (Å²) in [4.78, 5) is 10.4. The molecule has 0 radical (unpaired) electrons. The van der Waals surface area contributed by atoms with Crippen LogP contribution >= 0.6 is 11.5 Å². The average Bonchev–Trinajstić information content (AvgIpc) is 2.85. The van der Waals surface area contributed by atoms with E-state index in [0.717, 1.165) is 11.1 Å². The van der Waals surface area contributed by atoms with E-state index in [0.29, 0.717) is 5.75 Å². The van der Waals surface area contributed by atoms with E-state index >= 15 is 0 Å². The first-order chi connectivity index (χ1) is 9.68. The molecule has 3 nitrogen and oxygen atoms in total. The molecule has 102 valence electrons. The van der Waals surface area contributed by atoms with Crippen molar-refractivity contribution >= 4 is 11.5 Å². The van der Waals surface area contributed by atoms with Crippen molar-refractivity contribution in [2.24, 2.45) is 7.05 Å². The van der Waals surface area contributed by atoms with Crippen molar-refractivity contribution in [2.75, 3.05) is 0 Å². The Hall–Kier alpha value is -2.33. The summed E-state index contributed by atoms with van der Waals surface area (Å²) in [5.41, 5.74) is 1.99. The molecule has 0 amide bonds. The van der Waals surface area contributed by atoms with E-state index in [-0.39, 0.29) is 5.56 Å². The third-order valence-electron chi connectivity index (χ3n) is 2.73. The Morgan fingerprint density at radius 3 is 2.10 bits per heavy atom. The fraction of sp³-hybridized carbons (Fsp3) is 0.0625. The second kappa shape index (κ2) is 6.73. The number of hydrogen-bond donors (Lipinski definition) is 1. The van der Waals surface area contributed by atoms with Gasteiger partial charge >= 0.3 is 0 Å². The summed E-state index contributed by atoms with van der Waals surface area (Å²) in [5.74, 6) is 0.328. The first kappa shape index (κ1) is 14.1. The van der Waals surface area contributed by atoms with E-state index in [2.05, 4.69) is 0 Å². The van der Waals surface area contributed by atoms with Gasteiger partial charge < -0.3 is 5.11 Å². The van der Waals surface area contributed by atoms with Gasteiger partial charge in [0.1, 0.15) is 5.75 Å². The normalized spacial score (nSPS) is 9.65. The first-order valence-corrected chi connectivity index (χ1v) is 6.96. The van der Waals surface area contributed by atoms with Gasteiger partial charge in [-0.15, -0.1) is 0 Å². The van der Waals surface area contributed by atoms with Crippen molar-refractivity contribution in [3.63, 3.8) is 0 Å². The minimum absolute atomic E-state index is 0.0741. The Morgan fingerprint density at radius 2 is 1.60 bits per heavy atom. The van der Waals surface area contributed by atoms with Crippen LogP contribution in [0.15, 0.2) is 70.8 Å². The van der Waals surface area contributed by atoms with Crippen LogP contribution < -0.4 is 5.56 Å². The lowest BCUT2D eigenvalue weighted by Gasteiger charge is -2.02. The molecule has 0 saturated carbocycles. The van der Waals surface area contributed by atoms with Gasteiger partial charge in [0.2, 0.25) is 0 Å². The lowest BCUT2D eigenvalue weighted by molar-refractivity contribution is 0.477.